The highest BCUT2D eigenvalue weighted by atomic mass is 16.5. The van der Waals surface area contributed by atoms with Gasteiger partial charge in [-0.15, -0.1) is 0 Å². The number of phenols is 1. The molecule has 1 aliphatic rings. The molecule has 1 aromatic rings. The lowest BCUT2D eigenvalue weighted by atomic mass is 9.73. The quantitative estimate of drug-likeness (QED) is 0.346. The summed E-state index contributed by atoms with van der Waals surface area (Å²) >= 11 is 0. The molecule has 172 valence electrons. The molecule has 0 amide bonds. The van der Waals surface area contributed by atoms with Crippen LogP contribution in [0, 0.1) is 22.7 Å². The standard InChI is InChI=1S/C28H48O2/c1-21(2)11-10-18-28(6,7)22(3)12-8-9-17-27(4,5)20-25-15-13-23-19-24(29)14-16-26(23)30-25/h14,16,19,21-22,25,29H,8-13,15,17-18,20H2,1-7H3. The summed E-state index contributed by atoms with van der Waals surface area (Å²) in [6.45, 7) is 16.9. The van der Waals surface area contributed by atoms with Crippen LogP contribution in [0.3, 0.4) is 0 Å². The maximum atomic E-state index is 9.66. The molecule has 0 aliphatic carbocycles. The summed E-state index contributed by atoms with van der Waals surface area (Å²) in [4.78, 5) is 0. The fraction of sp³-hybridized carbons (Fsp3) is 0.786. The Morgan fingerprint density at radius 1 is 1.00 bits per heavy atom. The summed E-state index contributed by atoms with van der Waals surface area (Å²) in [5.74, 6) is 2.93. The van der Waals surface area contributed by atoms with Crippen molar-refractivity contribution in [1.29, 1.82) is 0 Å². The number of hydrogen-bond acceptors (Lipinski definition) is 2. The van der Waals surface area contributed by atoms with E-state index >= 15 is 0 Å². The SMILES string of the molecule is CC(C)CCCC(C)(C)C(C)CCCCC(C)(C)CC1CCc2cc(O)ccc2O1. The molecular formula is C28H48O2. The van der Waals surface area contributed by atoms with Gasteiger partial charge in [-0.1, -0.05) is 80.6 Å². The Bertz CT molecular complexity index is 644. The third kappa shape index (κ3) is 8.16. The number of benzene rings is 1. The molecule has 0 aromatic heterocycles. The van der Waals surface area contributed by atoms with Crippen molar-refractivity contribution in [3.05, 3.63) is 23.8 Å². The minimum absolute atomic E-state index is 0.302. The number of hydrogen-bond donors (Lipinski definition) is 1. The molecule has 2 atom stereocenters. The number of unbranched alkanes of at least 4 members (excludes halogenated alkanes) is 1. The lowest BCUT2D eigenvalue weighted by Crippen LogP contribution is -2.29. The van der Waals surface area contributed by atoms with Gasteiger partial charge < -0.3 is 9.84 Å². The highest BCUT2D eigenvalue weighted by molar-refractivity contribution is 5.41. The summed E-state index contributed by atoms with van der Waals surface area (Å²) in [5, 5.41) is 9.66. The Morgan fingerprint density at radius 2 is 1.73 bits per heavy atom. The fourth-order valence-electron chi connectivity index (χ4n) is 4.95. The second kappa shape index (κ2) is 10.9. The normalized spacial score (nSPS) is 18.2. The first-order chi connectivity index (χ1) is 14.0. The van der Waals surface area contributed by atoms with Crippen LogP contribution in [0.4, 0.5) is 0 Å². The predicted octanol–water partition coefficient (Wildman–Crippen LogP) is 8.55. The van der Waals surface area contributed by atoms with E-state index in [2.05, 4.69) is 48.5 Å². The van der Waals surface area contributed by atoms with Crippen LogP contribution in [0.5, 0.6) is 11.5 Å². The Morgan fingerprint density at radius 3 is 2.43 bits per heavy atom. The van der Waals surface area contributed by atoms with E-state index in [0.29, 0.717) is 22.7 Å². The second-order valence-electron chi connectivity index (χ2n) is 11.9. The third-order valence-electron chi connectivity index (χ3n) is 7.53. The molecule has 0 fully saturated rings. The average Bonchev–Trinajstić information content (AvgIpc) is 2.64. The van der Waals surface area contributed by atoms with E-state index < -0.39 is 0 Å². The smallest absolute Gasteiger partial charge is 0.123 e. The van der Waals surface area contributed by atoms with E-state index in [9.17, 15) is 5.11 Å². The Hall–Kier alpha value is -1.18. The maximum Gasteiger partial charge on any atom is 0.123 e. The molecule has 0 spiro atoms. The lowest BCUT2D eigenvalue weighted by molar-refractivity contribution is 0.108. The molecule has 0 radical (unpaired) electrons. The topological polar surface area (TPSA) is 29.5 Å². The first-order valence-electron chi connectivity index (χ1n) is 12.5. The van der Waals surface area contributed by atoms with Gasteiger partial charge in [-0.25, -0.2) is 0 Å². The molecule has 1 aromatic carbocycles. The third-order valence-corrected chi connectivity index (χ3v) is 7.53. The summed E-state index contributed by atoms with van der Waals surface area (Å²) in [7, 11) is 0. The molecule has 0 saturated carbocycles. The van der Waals surface area contributed by atoms with E-state index in [4.69, 9.17) is 4.74 Å². The van der Waals surface area contributed by atoms with Crippen molar-refractivity contribution < 1.29 is 9.84 Å². The van der Waals surface area contributed by atoms with Crippen molar-refractivity contribution in [2.45, 2.75) is 119 Å². The van der Waals surface area contributed by atoms with Gasteiger partial charge >= 0.3 is 0 Å². The number of fused-ring (bicyclic) bond motifs is 1. The van der Waals surface area contributed by atoms with Crippen molar-refractivity contribution in [1.82, 2.24) is 0 Å². The van der Waals surface area contributed by atoms with Gasteiger partial charge in [0.05, 0.1) is 6.10 Å². The van der Waals surface area contributed by atoms with Crippen LogP contribution >= 0.6 is 0 Å². The minimum Gasteiger partial charge on any atom is -0.508 e. The first kappa shape index (κ1) is 25.1. The molecule has 1 heterocycles. The monoisotopic (exact) mass is 416 g/mol. The van der Waals surface area contributed by atoms with Crippen molar-refractivity contribution in [2.75, 3.05) is 0 Å². The van der Waals surface area contributed by atoms with Crippen LogP contribution in [-0.4, -0.2) is 11.2 Å². The van der Waals surface area contributed by atoms with Gasteiger partial charge in [-0.3, -0.25) is 0 Å². The van der Waals surface area contributed by atoms with Crippen LogP contribution < -0.4 is 4.74 Å². The number of aromatic hydroxyl groups is 1. The van der Waals surface area contributed by atoms with Crippen LogP contribution in [0.2, 0.25) is 0 Å². The van der Waals surface area contributed by atoms with E-state index in [0.717, 1.165) is 42.4 Å². The zero-order valence-electron chi connectivity index (χ0n) is 20.9. The predicted molar refractivity (Wildman–Crippen MR) is 129 cm³/mol. The van der Waals surface area contributed by atoms with Crippen LogP contribution in [0.25, 0.3) is 0 Å². The van der Waals surface area contributed by atoms with E-state index in [1.807, 2.05) is 12.1 Å². The van der Waals surface area contributed by atoms with Crippen molar-refractivity contribution in [2.24, 2.45) is 22.7 Å². The van der Waals surface area contributed by atoms with Gasteiger partial charge in [-0.05, 0) is 78.5 Å². The fourth-order valence-corrected chi connectivity index (χ4v) is 4.95. The summed E-state index contributed by atoms with van der Waals surface area (Å²) in [5.41, 5.74) is 1.92. The van der Waals surface area contributed by atoms with Crippen LogP contribution in [0.1, 0.15) is 112 Å². The number of phenolic OH excluding ortho intramolecular Hbond substituents is 1. The molecule has 1 aliphatic heterocycles. The molecule has 2 rings (SSSR count). The first-order valence-corrected chi connectivity index (χ1v) is 12.5. The number of aryl methyl sites for hydroxylation is 1. The zero-order valence-corrected chi connectivity index (χ0v) is 20.9. The summed E-state index contributed by atoms with van der Waals surface area (Å²) in [6.07, 6.45) is 12.8. The summed E-state index contributed by atoms with van der Waals surface area (Å²) < 4.78 is 6.26. The second-order valence-corrected chi connectivity index (χ2v) is 11.9. The molecule has 2 nitrogen and oxygen atoms in total. The Balaban J connectivity index is 1.70. The van der Waals surface area contributed by atoms with Gasteiger partial charge in [0.2, 0.25) is 0 Å². The van der Waals surface area contributed by atoms with Crippen molar-refractivity contribution in [3.63, 3.8) is 0 Å². The number of ether oxygens (including phenoxy) is 1. The molecule has 2 unspecified atom stereocenters. The van der Waals surface area contributed by atoms with Crippen molar-refractivity contribution >= 4 is 0 Å². The lowest BCUT2D eigenvalue weighted by Gasteiger charge is -2.34. The van der Waals surface area contributed by atoms with E-state index in [1.165, 1.54) is 44.9 Å². The molecule has 1 N–H and O–H groups in total. The largest absolute Gasteiger partial charge is 0.508 e. The van der Waals surface area contributed by atoms with Crippen LogP contribution in [-0.2, 0) is 6.42 Å². The maximum absolute atomic E-state index is 9.66. The average molecular weight is 417 g/mol. The van der Waals surface area contributed by atoms with E-state index in [1.54, 1.807) is 6.07 Å². The van der Waals surface area contributed by atoms with Crippen molar-refractivity contribution in [3.8, 4) is 11.5 Å². The Labute approximate surface area is 186 Å². The molecule has 30 heavy (non-hydrogen) atoms. The van der Waals surface area contributed by atoms with Gasteiger partial charge in [-0.2, -0.15) is 0 Å². The minimum atomic E-state index is 0.302. The molecule has 0 bridgehead atoms. The van der Waals surface area contributed by atoms with Gasteiger partial charge in [0, 0.05) is 0 Å². The van der Waals surface area contributed by atoms with Gasteiger partial charge in [0.25, 0.3) is 0 Å². The zero-order chi connectivity index (χ0) is 22.4. The highest BCUT2D eigenvalue weighted by Gasteiger charge is 2.28. The molecule has 2 heteroatoms. The van der Waals surface area contributed by atoms with Crippen LogP contribution in [0.15, 0.2) is 18.2 Å². The highest BCUT2D eigenvalue weighted by Crippen LogP contribution is 2.39. The van der Waals surface area contributed by atoms with Gasteiger partial charge in [0.1, 0.15) is 11.5 Å². The Kier molecular flexibility index (Phi) is 9.13. The molecule has 0 saturated heterocycles. The summed E-state index contributed by atoms with van der Waals surface area (Å²) in [6, 6.07) is 5.51. The number of rotatable bonds is 12. The molecular weight excluding hydrogens is 368 g/mol. The van der Waals surface area contributed by atoms with Gasteiger partial charge in [0.15, 0.2) is 0 Å². The van der Waals surface area contributed by atoms with E-state index in [-0.39, 0.29) is 0 Å².